The lowest BCUT2D eigenvalue weighted by atomic mass is 10.1. The lowest BCUT2D eigenvalue weighted by molar-refractivity contribution is 0.354. The molecule has 1 unspecified atom stereocenters. The quantitative estimate of drug-likeness (QED) is 0.906. The number of hydrogen-bond donors (Lipinski definition) is 1. The molecule has 0 aliphatic carbocycles. The van der Waals surface area contributed by atoms with E-state index in [0.717, 1.165) is 27.9 Å². The van der Waals surface area contributed by atoms with E-state index in [1.807, 2.05) is 25.1 Å². The second kappa shape index (κ2) is 6.13. The van der Waals surface area contributed by atoms with Crippen molar-refractivity contribution < 1.29 is 9.47 Å². The summed E-state index contributed by atoms with van der Waals surface area (Å²) in [7, 11) is 3.29. The van der Waals surface area contributed by atoms with Gasteiger partial charge in [-0.3, -0.25) is 0 Å². The van der Waals surface area contributed by atoms with Gasteiger partial charge < -0.3 is 14.8 Å². The molecule has 0 fully saturated rings. The van der Waals surface area contributed by atoms with E-state index in [9.17, 15) is 0 Å². The highest BCUT2D eigenvalue weighted by Gasteiger charge is 2.12. The van der Waals surface area contributed by atoms with Crippen molar-refractivity contribution in [2.45, 2.75) is 26.8 Å². The minimum atomic E-state index is 0.153. The van der Waals surface area contributed by atoms with E-state index in [1.54, 1.807) is 25.6 Å². The molecule has 0 bridgehead atoms. The van der Waals surface area contributed by atoms with Gasteiger partial charge in [0.05, 0.1) is 26.0 Å². The van der Waals surface area contributed by atoms with Crippen LogP contribution in [0.5, 0.6) is 11.5 Å². The zero-order valence-corrected chi connectivity index (χ0v) is 13.3. The smallest absolute Gasteiger partial charge is 0.183 e. The summed E-state index contributed by atoms with van der Waals surface area (Å²) < 4.78 is 10.6. The summed E-state index contributed by atoms with van der Waals surface area (Å²) in [4.78, 5) is 5.75. The molecule has 1 heterocycles. The molecule has 5 heteroatoms. The molecular formula is C15H20N2O2S. The van der Waals surface area contributed by atoms with Gasteiger partial charge in [-0.25, -0.2) is 4.98 Å². The molecule has 0 aliphatic rings. The Morgan fingerprint density at radius 3 is 2.40 bits per heavy atom. The molecule has 4 nitrogen and oxygen atoms in total. The van der Waals surface area contributed by atoms with Gasteiger partial charge in [-0.2, -0.15) is 0 Å². The summed E-state index contributed by atoms with van der Waals surface area (Å²) in [5, 5.41) is 4.37. The number of nitrogens with one attached hydrogen (secondary N) is 1. The third-order valence-electron chi connectivity index (χ3n) is 3.28. The number of thiazole rings is 1. The molecular weight excluding hydrogens is 272 g/mol. The van der Waals surface area contributed by atoms with Gasteiger partial charge in [0.1, 0.15) is 0 Å². The second-order valence-electron chi connectivity index (χ2n) is 4.64. The minimum absolute atomic E-state index is 0.153. The highest BCUT2D eigenvalue weighted by molar-refractivity contribution is 7.15. The van der Waals surface area contributed by atoms with E-state index in [2.05, 4.69) is 24.1 Å². The van der Waals surface area contributed by atoms with E-state index < -0.39 is 0 Å². The number of rotatable bonds is 5. The molecule has 0 amide bonds. The number of benzene rings is 1. The molecule has 20 heavy (non-hydrogen) atoms. The van der Waals surface area contributed by atoms with E-state index in [4.69, 9.17) is 9.47 Å². The van der Waals surface area contributed by atoms with Gasteiger partial charge >= 0.3 is 0 Å². The maximum atomic E-state index is 5.33. The van der Waals surface area contributed by atoms with Crippen molar-refractivity contribution in [3.05, 3.63) is 34.3 Å². The van der Waals surface area contributed by atoms with E-state index in [0.29, 0.717) is 0 Å². The zero-order chi connectivity index (χ0) is 14.7. The Bertz CT molecular complexity index is 576. The monoisotopic (exact) mass is 292 g/mol. The Balaban J connectivity index is 2.18. The zero-order valence-electron chi connectivity index (χ0n) is 12.5. The molecule has 1 aromatic heterocycles. The Morgan fingerprint density at radius 1 is 1.15 bits per heavy atom. The Hall–Kier alpha value is -1.75. The first-order chi connectivity index (χ1) is 9.55. The molecule has 1 atom stereocenters. The average Bonchev–Trinajstić information content (AvgIpc) is 2.76. The second-order valence-corrected chi connectivity index (χ2v) is 5.84. The summed E-state index contributed by atoms with van der Waals surface area (Å²) in [6, 6.07) is 6.10. The Morgan fingerprint density at radius 2 is 1.85 bits per heavy atom. The average molecular weight is 292 g/mol. The number of ether oxygens (including phenoxy) is 2. The van der Waals surface area contributed by atoms with Crippen LogP contribution in [0.1, 0.15) is 29.1 Å². The van der Waals surface area contributed by atoms with Crippen LogP contribution in [-0.4, -0.2) is 19.2 Å². The van der Waals surface area contributed by atoms with Gasteiger partial charge in [0, 0.05) is 4.88 Å². The third kappa shape index (κ3) is 3.04. The van der Waals surface area contributed by atoms with Crippen molar-refractivity contribution in [2.24, 2.45) is 0 Å². The summed E-state index contributed by atoms with van der Waals surface area (Å²) in [6.07, 6.45) is 0. The minimum Gasteiger partial charge on any atom is -0.493 e. The predicted molar refractivity (Wildman–Crippen MR) is 83.2 cm³/mol. The summed E-state index contributed by atoms with van der Waals surface area (Å²) in [6.45, 7) is 6.21. The molecule has 108 valence electrons. The van der Waals surface area contributed by atoms with Crippen molar-refractivity contribution in [3.8, 4) is 11.5 Å². The van der Waals surface area contributed by atoms with Crippen LogP contribution in [-0.2, 0) is 0 Å². The summed E-state index contributed by atoms with van der Waals surface area (Å²) >= 11 is 1.68. The standard InChI is InChI=1S/C15H20N2O2S/c1-9-11(3)20-15(16-9)17-10(2)12-6-7-13(18-4)14(8-12)19-5/h6-8,10H,1-5H3,(H,16,17). The lowest BCUT2D eigenvalue weighted by Crippen LogP contribution is -2.06. The number of aryl methyl sites for hydroxylation is 2. The lowest BCUT2D eigenvalue weighted by Gasteiger charge is -2.15. The largest absolute Gasteiger partial charge is 0.493 e. The van der Waals surface area contributed by atoms with Crippen molar-refractivity contribution in [3.63, 3.8) is 0 Å². The number of aromatic nitrogens is 1. The molecule has 1 aromatic carbocycles. The Labute approximate surface area is 123 Å². The van der Waals surface area contributed by atoms with Gasteiger partial charge in [0.25, 0.3) is 0 Å². The first kappa shape index (κ1) is 14.7. The number of methoxy groups -OCH3 is 2. The predicted octanol–water partition coefficient (Wildman–Crippen LogP) is 3.95. The highest BCUT2D eigenvalue weighted by Crippen LogP contribution is 2.32. The van der Waals surface area contributed by atoms with Crippen LogP contribution >= 0.6 is 11.3 Å². The van der Waals surface area contributed by atoms with Crippen LogP contribution < -0.4 is 14.8 Å². The van der Waals surface area contributed by atoms with E-state index >= 15 is 0 Å². The maximum absolute atomic E-state index is 5.33. The van der Waals surface area contributed by atoms with Gasteiger partial charge in [-0.15, -0.1) is 11.3 Å². The number of anilines is 1. The fraction of sp³-hybridized carbons (Fsp3) is 0.400. The van der Waals surface area contributed by atoms with Crippen LogP contribution in [0, 0.1) is 13.8 Å². The van der Waals surface area contributed by atoms with Crippen molar-refractivity contribution >= 4 is 16.5 Å². The van der Waals surface area contributed by atoms with Gasteiger partial charge in [-0.1, -0.05) is 6.07 Å². The van der Waals surface area contributed by atoms with Crippen LogP contribution in [0.25, 0.3) is 0 Å². The molecule has 1 N–H and O–H groups in total. The van der Waals surface area contributed by atoms with Gasteiger partial charge in [0.15, 0.2) is 16.6 Å². The van der Waals surface area contributed by atoms with Crippen molar-refractivity contribution in [1.82, 2.24) is 4.98 Å². The van der Waals surface area contributed by atoms with Crippen molar-refractivity contribution in [2.75, 3.05) is 19.5 Å². The van der Waals surface area contributed by atoms with Crippen molar-refractivity contribution in [1.29, 1.82) is 0 Å². The molecule has 0 radical (unpaired) electrons. The van der Waals surface area contributed by atoms with E-state index in [-0.39, 0.29) is 6.04 Å². The molecule has 0 spiro atoms. The van der Waals surface area contributed by atoms with Crippen LogP contribution in [0.15, 0.2) is 18.2 Å². The number of hydrogen-bond acceptors (Lipinski definition) is 5. The SMILES string of the molecule is COc1ccc(C(C)Nc2nc(C)c(C)s2)cc1OC. The highest BCUT2D eigenvalue weighted by atomic mass is 32.1. The van der Waals surface area contributed by atoms with E-state index in [1.165, 1.54) is 4.88 Å². The fourth-order valence-corrected chi connectivity index (χ4v) is 2.83. The first-order valence-corrected chi connectivity index (χ1v) is 7.29. The third-order valence-corrected chi connectivity index (χ3v) is 4.28. The van der Waals surface area contributed by atoms with Crippen LogP contribution in [0.2, 0.25) is 0 Å². The molecule has 2 aromatic rings. The first-order valence-electron chi connectivity index (χ1n) is 6.47. The van der Waals surface area contributed by atoms with Gasteiger partial charge in [0.2, 0.25) is 0 Å². The Kier molecular flexibility index (Phi) is 4.49. The van der Waals surface area contributed by atoms with Crippen LogP contribution in [0.3, 0.4) is 0 Å². The molecule has 2 rings (SSSR count). The fourth-order valence-electron chi connectivity index (χ4n) is 1.93. The van der Waals surface area contributed by atoms with Gasteiger partial charge in [-0.05, 0) is 38.5 Å². The topological polar surface area (TPSA) is 43.4 Å². The molecule has 0 saturated carbocycles. The summed E-state index contributed by atoms with van der Waals surface area (Å²) in [5.41, 5.74) is 2.21. The number of nitrogens with zero attached hydrogens (tertiary/aromatic N) is 1. The summed E-state index contributed by atoms with van der Waals surface area (Å²) in [5.74, 6) is 1.48. The van der Waals surface area contributed by atoms with Crippen LogP contribution in [0.4, 0.5) is 5.13 Å². The molecule has 0 saturated heterocycles. The normalized spacial score (nSPS) is 12.1. The maximum Gasteiger partial charge on any atom is 0.183 e. The molecule has 0 aliphatic heterocycles.